The maximum Gasteiger partial charge on any atom is 0.274 e. The van der Waals surface area contributed by atoms with Crippen LogP contribution in [0.25, 0.3) is 0 Å². The summed E-state index contributed by atoms with van der Waals surface area (Å²) >= 11 is 0. The van der Waals surface area contributed by atoms with E-state index in [1.54, 1.807) is 6.07 Å². The minimum Gasteiger partial charge on any atom is -0.368 e. The fourth-order valence-electron chi connectivity index (χ4n) is 1.93. The number of nitrogens with one attached hydrogen (secondary N) is 2. The number of carbonyl (C=O) groups excluding carboxylic acids is 1. The maximum atomic E-state index is 12.3. The Kier molecular flexibility index (Phi) is 5.09. The number of carbonyl (C=O) groups is 1. The molecule has 0 aliphatic carbocycles. The van der Waals surface area contributed by atoms with Crippen LogP contribution in [0.2, 0.25) is 0 Å². The zero-order valence-electron chi connectivity index (χ0n) is 13.5. The molecule has 116 valence electrons. The number of anilines is 2. The zero-order valence-corrected chi connectivity index (χ0v) is 13.5. The van der Waals surface area contributed by atoms with Gasteiger partial charge in [0.1, 0.15) is 17.8 Å². The molecule has 0 aliphatic heterocycles. The lowest BCUT2D eigenvalue weighted by molar-refractivity contribution is 0.102. The number of benzene rings is 1. The van der Waals surface area contributed by atoms with Gasteiger partial charge >= 0.3 is 0 Å². The van der Waals surface area contributed by atoms with Gasteiger partial charge in [-0.2, -0.15) is 0 Å². The second-order valence-electron chi connectivity index (χ2n) is 5.50. The third kappa shape index (κ3) is 4.04. The molecule has 1 atom stereocenters. The molecule has 1 aromatic heterocycles. The summed E-state index contributed by atoms with van der Waals surface area (Å²) in [5.74, 6) is 0.424. The van der Waals surface area contributed by atoms with Crippen LogP contribution in [0.4, 0.5) is 11.5 Å². The first-order valence-electron chi connectivity index (χ1n) is 7.46. The summed E-state index contributed by atoms with van der Waals surface area (Å²) in [7, 11) is 0. The van der Waals surface area contributed by atoms with Crippen molar-refractivity contribution in [2.24, 2.45) is 0 Å². The summed E-state index contributed by atoms with van der Waals surface area (Å²) in [6.45, 7) is 8.21. The standard InChI is InChI=1S/C17H22N4O/c1-5-13(4)20-16-9-15(18-10-19-16)17(22)21-14-7-6-11(2)12(3)8-14/h6-10,13H,5H2,1-4H3,(H,21,22)(H,18,19,20). The van der Waals surface area contributed by atoms with Gasteiger partial charge in [0.05, 0.1) is 0 Å². The van der Waals surface area contributed by atoms with E-state index >= 15 is 0 Å². The van der Waals surface area contributed by atoms with E-state index in [1.165, 1.54) is 11.9 Å². The molecule has 0 radical (unpaired) electrons. The number of aromatic nitrogens is 2. The molecule has 5 heteroatoms. The smallest absolute Gasteiger partial charge is 0.274 e. The zero-order chi connectivity index (χ0) is 16.1. The van der Waals surface area contributed by atoms with Gasteiger partial charge in [-0.1, -0.05) is 13.0 Å². The van der Waals surface area contributed by atoms with Gasteiger partial charge < -0.3 is 10.6 Å². The first-order valence-corrected chi connectivity index (χ1v) is 7.46. The van der Waals surface area contributed by atoms with Crippen LogP contribution in [-0.2, 0) is 0 Å². The molecule has 0 spiro atoms. The molecule has 1 aromatic carbocycles. The highest BCUT2D eigenvalue weighted by atomic mass is 16.1. The summed E-state index contributed by atoms with van der Waals surface area (Å²) in [5.41, 5.74) is 3.45. The summed E-state index contributed by atoms with van der Waals surface area (Å²) in [6.07, 6.45) is 2.38. The average molecular weight is 298 g/mol. The maximum absolute atomic E-state index is 12.3. The number of hydrogen-bond acceptors (Lipinski definition) is 4. The molecule has 1 heterocycles. The highest BCUT2D eigenvalue weighted by molar-refractivity contribution is 6.03. The molecule has 22 heavy (non-hydrogen) atoms. The predicted octanol–water partition coefficient (Wildman–Crippen LogP) is 3.56. The van der Waals surface area contributed by atoms with Crippen molar-refractivity contribution in [3.05, 3.63) is 47.4 Å². The normalized spacial score (nSPS) is 11.8. The van der Waals surface area contributed by atoms with Gasteiger partial charge in [-0.15, -0.1) is 0 Å². The summed E-state index contributed by atoms with van der Waals surface area (Å²) in [6, 6.07) is 7.79. The van der Waals surface area contributed by atoms with E-state index in [2.05, 4.69) is 34.4 Å². The van der Waals surface area contributed by atoms with Crippen molar-refractivity contribution in [1.29, 1.82) is 0 Å². The van der Waals surface area contributed by atoms with Crippen molar-refractivity contribution >= 4 is 17.4 Å². The van der Waals surface area contributed by atoms with Crippen LogP contribution in [0.1, 0.15) is 41.9 Å². The second-order valence-corrected chi connectivity index (χ2v) is 5.50. The molecular weight excluding hydrogens is 276 g/mol. The molecular formula is C17H22N4O. The van der Waals surface area contributed by atoms with Gasteiger partial charge in [-0.25, -0.2) is 9.97 Å². The van der Waals surface area contributed by atoms with E-state index in [0.29, 0.717) is 17.6 Å². The summed E-state index contributed by atoms with van der Waals surface area (Å²) < 4.78 is 0. The van der Waals surface area contributed by atoms with Crippen molar-refractivity contribution in [3.8, 4) is 0 Å². The first-order chi connectivity index (χ1) is 10.5. The van der Waals surface area contributed by atoms with Crippen molar-refractivity contribution in [1.82, 2.24) is 9.97 Å². The summed E-state index contributed by atoms with van der Waals surface area (Å²) in [4.78, 5) is 20.5. The van der Waals surface area contributed by atoms with Gasteiger partial charge in [0.25, 0.3) is 5.91 Å². The van der Waals surface area contributed by atoms with Crippen LogP contribution in [-0.4, -0.2) is 21.9 Å². The third-order valence-corrected chi connectivity index (χ3v) is 3.67. The van der Waals surface area contributed by atoms with Crippen LogP contribution < -0.4 is 10.6 Å². The molecule has 1 amide bonds. The Morgan fingerprint density at radius 1 is 1.18 bits per heavy atom. The van der Waals surface area contributed by atoms with E-state index in [0.717, 1.165) is 17.7 Å². The monoisotopic (exact) mass is 298 g/mol. The largest absolute Gasteiger partial charge is 0.368 e. The molecule has 2 aromatic rings. The van der Waals surface area contributed by atoms with Crippen LogP contribution >= 0.6 is 0 Å². The van der Waals surface area contributed by atoms with Crippen molar-refractivity contribution in [3.63, 3.8) is 0 Å². The Labute approximate surface area is 131 Å². The molecule has 0 saturated heterocycles. The Bertz CT molecular complexity index is 669. The fourth-order valence-corrected chi connectivity index (χ4v) is 1.93. The third-order valence-electron chi connectivity index (χ3n) is 3.67. The van der Waals surface area contributed by atoms with E-state index in [1.807, 2.05) is 32.0 Å². The molecule has 1 unspecified atom stereocenters. The second kappa shape index (κ2) is 7.02. The number of hydrogen-bond donors (Lipinski definition) is 2. The van der Waals surface area contributed by atoms with Gasteiger partial charge in [-0.3, -0.25) is 4.79 Å². The highest BCUT2D eigenvalue weighted by Gasteiger charge is 2.10. The van der Waals surface area contributed by atoms with Crippen LogP contribution in [0, 0.1) is 13.8 Å². The minimum atomic E-state index is -0.238. The van der Waals surface area contributed by atoms with E-state index < -0.39 is 0 Å². The van der Waals surface area contributed by atoms with Crippen LogP contribution in [0.3, 0.4) is 0 Å². The van der Waals surface area contributed by atoms with Gasteiger partial charge in [-0.05, 0) is 50.5 Å². The highest BCUT2D eigenvalue weighted by Crippen LogP contribution is 2.15. The number of rotatable bonds is 5. The lowest BCUT2D eigenvalue weighted by atomic mass is 10.1. The predicted molar refractivity (Wildman–Crippen MR) is 89.3 cm³/mol. The lowest BCUT2D eigenvalue weighted by Crippen LogP contribution is -2.17. The lowest BCUT2D eigenvalue weighted by Gasteiger charge is -2.12. The van der Waals surface area contributed by atoms with Gasteiger partial charge in [0.2, 0.25) is 0 Å². The Morgan fingerprint density at radius 3 is 2.64 bits per heavy atom. The van der Waals surface area contributed by atoms with E-state index in [4.69, 9.17) is 0 Å². The SMILES string of the molecule is CCC(C)Nc1cc(C(=O)Nc2ccc(C)c(C)c2)ncn1. The number of nitrogens with zero attached hydrogens (tertiary/aromatic N) is 2. The molecule has 0 aliphatic rings. The topological polar surface area (TPSA) is 66.9 Å². The Balaban J connectivity index is 2.12. The Hall–Kier alpha value is -2.43. The summed E-state index contributed by atoms with van der Waals surface area (Å²) in [5, 5.41) is 6.10. The van der Waals surface area contributed by atoms with Crippen molar-refractivity contribution in [2.45, 2.75) is 40.2 Å². The van der Waals surface area contributed by atoms with Crippen LogP contribution in [0.5, 0.6) is 0 Å². The van der Waals surface area contributed by atoms with Crippen molar-refractivity contribution < 1.29 is 4.79 Å². The molecule has 0 fully saturated rings. The molecule has 2 rings (SSSR count). The molecule has 2 N–H and O–H groups in total. The fraction of sp³-hybridized carbons (Fsp3) is 0.353. The first kappa shape index (κ1) is 15.9. The van der Waals surface area contributed by atoms with Gasteiger partial charge in [0, 0.05) is 17.8 Å². The molecule has 0 saturated carbocycles. The van der Waals surface area contributed by atoms with Crippen LogP contribution in [0.15, 0.2) is 30.6 Å². The van der Waals surface area contributed by atoms with E-state index in [9.17, 15) is 4.79 Å². The quantitative estimate of drug-likeness (QED) is 0.885. The van der Waals surface area contributed by atoms with Gasteiger partial charge in [0.15, 0.2) is 0 Å². The molecule has 5 nitrogen and oxygen atoms in total. The van der Waals surface area contributed by atoms with E-state index in [-0.39, 0.29) is 5.91 Å². The minimum absolute atomic E-state index is 0.238. The Morgan fingerprint density at radius 2 is 1.95 bits per heavy atom. The molecule has 0 bridgehead atoms. The number of amides is 1. The average Bonchev–Trinajstić information content (AvgIpc) is 2.51. The van der Waals surface area contributed by atoms with Crippen molar-refractivity contribution in [2.75, 3.05) is 10.6 Å². The number of aryl methyl sites for hydroxylation is 2.